The lowest BCUT2D eigenvalue weighted by atomic mass is 10.2. The van der Waals surface area contributed by atoms with Crippen LogP contribution in [0.15, 0.2) is 29.6 Å². The third-order valence-corrected chi connectivity index (χ3v) is 4.90. The van der Waals surface area contributed by atoms with Gasteiger partial charge in [0.2, 0.25) is 0 Å². The number of nitrogens with one attached hydrogen (secondary N) is 1. The number of hydrogen-bond donors (Lipinski definition) is 1. The number of rotatable bonds is 4. The lowest BCUT2D eigenvalue weighted by molar-refractivity contribution is 0.506. The summed E-state index contributed by atoms with van der Waals surface area (Å²) in [6.45, 7) is 6.61. The van der Waals surface area contributed by atoms with Crippen molar-refractivity contribution < 1.29 is 0 Å². The van der Waals surface area contributed by atoms with Gasteiger partial charge in [0, 0.05) is 26.7 Å². The van der Waals surface area contributed by atoms with Gasteiger partial charge in [-0.25, -0.2) is 0 Å². The first-order valence-electron chi connectivity index (χ1n) is 5.52. The Balaban J connectivity index is 2.00. The molecule has 0 saturated heterocycles. The van der Waals surface area contributed by atoms with Crippen molar-refractivity contribution in [2.24, 2.45) is 0 Å². The van der Waals surface area contributed by atoms with Crippen LogP contribution < -0.4 is 5.32 Å². The Kier molecular flexibility index (Phi) is 3.79. The molecule has 0 bridgehead atoms. The van der Waals surface area contributed by atoms with Crippen LogP contribution in [0.4, 0.5) is 0 Å². The minimum absolute atomic E-state index is 0.427. The molecule has 0 saturated carbocycles. The summed E-state index contributed by atoms with van der Waals surface area (Å²) < 4.78 is 0. The van der Waals surface area contributed by atoms with Crippen LogP contribution in [0.5, 0.6) is 0 Å². The van der Waals surface area contributed by atoms with Crippen molar-refractivity contribution in [1.29, 1.82) is 0 Å². The molecule has 86 valence electrons. The number of thiophene rings is 2. The van der Waals surface area contributed by atoms with E-state index in [0.29, 0.717) is 12.1 Å². The summed E-state index contributed by atoms with van der Waals surface area (Å²) >= 11 is 3.69. The maximum atomic E-state index is 3.63. The quantitative estimate of drug-likeness (QED) is 0.842. The monoisotopic (exact) mass is 251 g/mol. The minimum atomic E-state index is 0.427. The molecular weight excluding hydrogens is 234 g/mol. The lowest BCUT2D eigenvalue weighted by Crippen LogP contribution is -2.20. The standard InChI is InChI=1S/C13H17NS2/c1-9-6-7-13(16-9)11(3)14-10(2)12-5-4-8-15-12/h4-8,10-11,14H,1-3H3. The van der Waals surface area contributed by atoms with E-state index in [4.69, 9.17) is 0 Å². The highest BCUT2D eigenvalue weighted by Crippen LogP contribution is 2.26. The Morgan fingerprint density at radius 2 is 1.81 bits per heavy atom. The van der Waals surface area contributed by atoms with Crippen LogP contribution in [-0.4, -0.2) is 0 Å². The first-order valence-corrected chi connectivity index (χ1v) is 7.22. The van der Waals surface area contributed by atoms with Gasteiger partial charge < -0.3 is 5.32 Å². The van der Waals surface area contributed by atoms with E-state index in [1.54, 1.807) is 0 Å². The molecule has 2 aromatic rings. The zero-order valence-electron chi connectivity index (χ0n) is 9.86. The van der Waals surface area contributed by atoms with Crippen LogP contribution >= 0.6 is 22.7 Å². The zero-order chi connectivity index (χ0) is 11.5. The lowest BCUT2D eigenvalue weighted by Gasteiger charge is -2.17. The highest BCUT2D eigenvalue weighted by atomic mass is 32.1. The predicted molar refractivity (Wildman–Crippen MR) is 73.3 cm³/mol. The van der Waals surface area contributed by atoms with E-state index in [1.165, 1.54) is 14.6 Å². The molecule has 16 heavy (non-hydrogen) atoms. The first-order chi connectivity index (χ1) is 7.66. The van der Waals surface area contributed by atoms with Gasteiger partial charge in [-0.1, -0.05) is 6.07 Å². The van der Waals surface area contributed by atoms with E-state index in [2.05, 4.69) is 55.7 Å². The molecular formula is C13H17NS2. The van der Waals surface area contributed by atoms with Gasteiger partial charge in [-0.15, -0.1) is 22.7 Å². The highest BCUT2D eigenvalue weighted by molar-refractivity contribution is 7.12. The molecule has 0 radical (unpaired) electrons. The van der Waals surface area contributed by atoms with Crippen molar-refractivity contribution in [1.82, 2.24) is 5.32 Å². The van der Waals surface area contributed by atoms with Crippen molar-refractivity contribution in [3.8, 4) is 0 Å². The Morgan fingerprint density at radius 3 is 2.38 bits per heavy atom. The van der Waals surface area contributed by atoms with Crippen molar-refractivity contribution in [2.75, 3.05) is 0 Å². The van der Waals surface area contributed by atoms with E-state index in [1.807, 2.05) is 22.7 Å². The van der Waals surface area contributed by atoms with E-state index >= 15 is 0 Å². The molecule has 2 aromatic heterocycles. The fraction of sp³-hybridized carbons (Fsp3) is 0.385. The Labute approximate surface area is 105 Å². The van der Waals surface area contributed by atoms with Gasteiger partial charge in [-0.05, 0) is 44.4 Å². The summed E-state index contributed by atoms with van der Waals surface area (Å²) in [5.74, 6) is 0. The second-order valence-electron chi connectivity index (χ2n) is 4.07. The topological polar surface area (TPSA) is 12.0 Å². The summed E-state index contributed by atoms with van der Waals surface area (Å²) in [4.78, 5) is 4.20. The maximum absolute atomic E-state index is 3.63. The molecule has 1 nitrogen and oxygen atoms in total. The summed E-state index contributed by atoms with van der Waals surface area (Å²) in [5.41, 5.74) is 0. The molecule has 0 aliphatic carbocycles. The molecule has 0 aromatic carbocycles. The fourth-order valence-corrected chi connectivity index (χ4v) is 3.40. The zero-order valence-corrected chi connectivity index (χ0v) is 11.5. The minimum Gasteiger partial charge on any atom is -0.302 e. The van der Waals surface area contributed by atoms with Crippen LogP contribution in [-0.2, 0) is 0 Å². The van der Waals surface area contributed by atoms with Gasteiger partial charge in [0.15, 0.2) is 0 Å². The van der Waals surface area contributed by atoms with Crippen LogP contribution in [0.2, 0.25) is 0 Å². The normalized spacial score (nSPS) is 14.9. The Hall–Kier alpha value is -0.640. The van der Waals surface area contributed by atoms with E-state index < -0.39 is 0 Å². The molecule has 3 heteroatoms. The van der Waals surface area contributed by atoms with Gasteiger partial charge in [0.25, 0.3) is 0 Å². The Morgan fingerprint density at radius 1 is 1.06 bits per heavy atom. The molecule has 2 unspecified atom stereocenters. The summed E-state index contributed by atoms with van der Waals surface area (Å²) in [5, 5.41) is 5.77. The van der Waals surface area contributed by atoms with Gasteiger partial charge in [0.1, 0.15) is 0 Å². The molecule has 2 heterocycles. The highest BCUT2D eigenvalue weighted by Gasteiger charge is 2.12. The maximum Gasteiger partial charge on any atom is 0.0391 e. The number of aryl methyl sites for hydroxylation is 1. The fourth-order valence-electron chi connectivity index (χ4n) is 1.76. The molecule has 2 atom stereocenters. The molecule has 0 spiro atoms. The van der Waals surface area contributed by atoms with Gasteiger partial charge in [0.05, 0.1) is 0 Å². The largest absolute Gasteiger partial charge is 0.302 e. The van der Waals surface area contributed by atoms with Crippen molar-refractivity contribution in [2.45, 2.75) is 32.9 Å². The van der Waals surface area contributed by atoms with Crippen LogP contribution in [0.1, 0.15) is 40.6 Å². The molecule has 0 aliphatic rings. The van der Waals surface area contributed by atoms with Gasteiger partial charge in [-0.3, -0.25) is 0 Å². The average Bonchev–Trinajstić information content (AvgIpc) is 2.87. The smallest absolute Gasteiger partial charge is 0.0391 e. The van der Waals surface area contributed by atoms with E-state index in [0.717, 1.165) is 0 Å². The SMILES string of the molecule is Cc1ccc(C(C)NC(C)c2cccs2)s1. The third kappa shape index (κ3) is 2.73. The summed E-state index contributed by atoms with van der Waals surface area (Å²) in [6, 6.07) is 9.56. The molecule has 0 aliphatic heterocycles. The second-order valence-corrected chi connectivity index (χ2v) is 6.37. The van der Waals surface area contributed by atoms with Gasteiger partial charge in [-0.2, -0.15) is 0 Å². The van der Waals surface area contributed by atoms with Crippen molar-refractivity contribution >= 4 is 22.7 Å². The van der Waals surface area contributed by atoms with Crippen LogP contribution in [0.25, 0.3) is 0 Å². The molecule has 2 rings (SSSR count). The molecule has 0 fully saturated rings. The Bertz CT molecular complexity index is 430. The third-order valence-electron chi connectivity index (χ3n) is 2.66. The van der Waals surface area contributed by atoms with Crippen LogP contribution in [0.3, 0.4) is 0 Å². The number of hydrogen-bond acceptors (Lipinski definition) is 3. The molecule has 1 N–H and O–H groups in total. The van der Waals surface area contributed by atoms with Crippen molar-refractivity contribution in [3.63, 3.8) is 0 Å². The van der Waals surface area contributed by atoms with Crippen LogP contribution in [0, 0.1) is 6.92 Å². The van der Waals surface area contributed by atoms with Gasteiger partial charge >= 0.3 is 0 Å². The summed E-state index contributed by atoms with van der Waals surface area (Å²) in [7, 11) is 0. The van der Waals surface area contributed by atoms with Crippen molar-refractivity contribution in [3.05, 3.63) is 44.3 Å². The average molecular weight is 251 g/mol. The predicted octanol–water partition coefficient (Wildman–Crippen LogP) is 4.53. The first kappa shape index (κ1) is 11.8. The molecule has 0 amide bonds. The summed E-state index contributed by atoms with van der Waals surface area (Å²) in [6.07, 6.45) is 0. The second kappa shape index (κ2) is 5.13. The van der Waals surface area contributed by atoms with E-state index in [-0.39, 0.29) is 0 Å². The van der Waals surface area contributed by atoms with E-state index in [9.17, 15) is 0 Å².